The Labute approximate surface area is 95.1 Å². The van der Waals surface area contributed by atoms with E-state index >= 15 is 0 Å². The molecule has 3 nitrogen and oxygen atoms in total. The SMILES string of the molecule is CN1CCC[C@H]1c1cnc2ccncc2c1. The van der Waals surface area contributed by atoms with Crippen LogP contribution in [0.2, 0.25) is 0 Å². The van der Waals surface area contributed by atoms with E-state index in [2.05, 4.69) is 28.0 Å². The summed E-state index contributed by atoms with van der Waals surface area (Å²) in [6.45, 7) is 1.19. The topological polar surface area (TPSA) is 29.0 Å². The highest BCUT2D eigenvalue weighted by Gasteiger charge is 2.22. The molecule has 0 spiro atoms. The predicted molar refractivity (Wildman–Crippen MR) is 64.1 cm³/mol. The van der Waals surface area contributed by atoms with Crippen molar-refractivity contribution in [2.75, 3.05) is 13.6 Å². The number of nitrogens with zero attached hydrogens (tertiary/aromatic N) is 3. The highest BCUT2D eigenvalue weighted by Crippen LogP contribution is 2.30. The maximum absolute atomic E-state index is 4.49. The van der Waals surface area contributed by atoms with Gasteiger partial charge < -0.3 is 0 Å². The molecule has 0 saturated carbocycles. The molecule has 2 aromatic heterocycles. The summed E-state index contributed by atoms with van der Waals surface area (Å²) in [4.78, 5) is 11.0. The molecular weight excluding hydrogens is 198 g/mol. The van der Waals surface area contributed by atoms with Crippen LogP contribution >= 0.6 is 0 Å². The van der Waals surface area contributed by atoms with E-state index in [0.717, 1.165) is 10.9 Å². The van der Waals surface area contributed by atoms with Crippen LogP contribution in [0.15, 0.2) is 30.7 Å². The van der Waals surface area contributed by atoms with Gasteiger partial charge in [0.15, 0.2) is 0 Å². The maximum atomic E-state index is 4.49. The molecule has 0 bridgehead atoms. The van der Waals surface area contributed by atoms with E-state index in [0.29, 0.717) is 6.04 Å². The average Bonchev–Trinajstić information content (AvgIpc) is 2.75. The van der Waals surface area contributed by atoms with Crippen LogP contribution in [-0.2, 0) is 0 Å². The zero-order chi connectivity index (χ0) is 11.0. The van der Waals surface area contributed by atoms with E-state index in [1.165, 1.54) is 24.9 Å². The van der Waals surface area contributed by atoms with Gasteiger partial charge in [0, 0.05) is 30.0 Å². The van der Waals surface area contributed by atoms with Gasteiger partial charge in [-0.2, -0.15) is 0 Å². The molecule has 3 rings (SSSR count). The van der Waals surface area contributed by atoms with Crippen molar-refractivity contribution in [3.63, 3.8) is 0 Å². The minimum absolute atomic E-state index is 0.539. The Bertz CT molecular complexity index is 509. The first-order chi connectivity index (χ1) is 7.84. The zero-order valence-electron chi connectivity index (χ0n) is 9.43. The van der Waals surface area contributed by atoms with Crippen molar-refractivity contribution >= 4 is 10.9 Å². The van der Waals surface area contributed by atoms with Gasteiger partial charge in [-0.15, -0.1) is 0 Å². The Morgan fingerprint density at radius 2 is 2.31 bits per heavy atom. The number of rotatable bonds is 1. The summed E-state index contributed by atoms with van der Waals surface area (Å²) in [5, 5.41) is 1.14. The smallest absolute Gasteiger partial charge is 0.0732 e. The predicted octanol–water partition coefficient (Wildman–Crippen LogP) is 2.40. The molecule has 0 unspecified atom stereocenters. The van der Waals surface area contributed by atoms with Gasteiger partial charge >= 0.3 is 0 Å². The lowest BCUT2D eigenvalue weighted by molar-refractivity contribution is 0.317. The van der Waals surface area contributed by atoms with Gasteiger partial charge in [0.1, 0.15) is 0 Å². The van der Waals surface area contributed by atoms with Crippen LogP contribution in [0.4, 0.5) is 0 Å². The van der Waals surface area contributed by atoms with Crippen LogP contribution in [0.5, 0.6) is 0 Å². The van der Waals surface area contributed by atoms with Crippen LogP contribution < -0.4 is 0 Å². The lowest BCUT2D eigenvalue weighted by Crippen LogP contribution is -2.17. The fourth-order valence-corrected chi connectivity index (χ4v) is 2.50. The highest BCUT2D eigenvalue weighted by molar-refractivity contribution is 5.77. The lowest BCUT2D eigenvalue weighted by Gasteiger charge is -2.19. The molecule has 16 heavy (non-hydrogen) atoms. The maximum Gasteiger partial charge on any atom is 0.0732 e. The van der Waals surface area contributed by atoms with Gasteiger partial charge in [0.25, 0.3) is 0 Å². The van der Waals surface area contributed by atoms with Crippen LogP contribution in [0.3, 0.4) is 0 Å². The van der Waals surface area contributed by atoms with E-state index in [1.807, 2.05) is 18.5 Å². The Balaban J connectivity index is 2.04. The second-order valence-corrected chi connectivity index (χ2v) is 4.48. The molecule has 1 aliphatic rings. The van der Waals surface area contributed by atoms with Crippen molar-refractivity contribution in [3.8, 4) is 0 Å². The quantitative estimate of drug-likeness (QED) is 0.728. The molecule has 2 aromatic rings. The molecule has 1 atom stereocenters. The van der Waals surface area contributed by atoms with Crippen LogP contribution in [-0.4, -0.2) is 28.5 Å². The third-order valence-corrected chi connectivity index (χ3v) is 3.41. The number of fused-ring (bicyclic) bond motifs is 1. The number of hydrogen-bond acceptors (Lipinski definition) is 3. The lowest BCUT2D eigenvalue weighted by atomic mass is 10.1. The Morgan fingerprint density at radius 3 is 3.12 bits per heavy atom. The first-order valence-corrected chi connectivity index (χ1v) is 5.74. The molecule has 1 saturated heterocycles. The van der Waals surface area contributed by atoms with Gasteiger partial charge in [-0.25, -0.2) is 0 Å². The minimum atomic E-state index is 0.539. The third-order valence-electron chi connectivity index (χ3n) is 3.41. The highest BCUT2D eigenvalue weighted by atomic mass is 15.1. The Morgan fingerprint density at radius 1 is 1.38 bits per heavy atom. The average molecular weight is 213 g/mol. The molecule has 82 valence electrons. The molecule has 0 N–H and O–H groups in total. The molecule has 0 amide bonds. The second-order valence-electron chi connectivity index (χ2n) is 4.48. The van der Waals surface area contributed by atoms with Crippen LogP contribution in [0, 0.1) is 0 Å². The van der Waals surface area contributed by atoms with Gasteiger partial charge in [0.05, 0.1) is 5.52 Å². The fourth-order valence-electron chi connectivity index (χ4n) is 2.50. The molecule has 0 aliphatic carbocycles. The molecule has 1 fully saturated rings. The van der Waals surface area contributed by atoms with Crippen molar-refractivity contribution in [3.05, 3.63) is 36.3 Å². The fraction of sp³-hybridized carbons (Fsp3) is 0.385. The van der Waals surface area contributed by atoms with Gasteiger partial charge in [-0.3, -0.25) is 14.9 Å². The molecule has 0 aromatic carbocycles. The summed E-state index contributed by atoms with van der Waals surface area (Å²) in [6, 6.07) is 4.72. The number of aromatic nitrogens is 2. The van der Waals surface area contributed by atoms with Crippen molar-refractivity contribution in [2.45, 2.75) is 18.9 Å². The van der Waals surface area contributed by atoms with Crippen LogP contribution in [0.25, 0.3) is 10.9 Å². The normalized spacial score (nSPS) is 21.7. The van der Waals surface area contributed by atoms with E-state index < -0.39 is 0 Å². The van der Waals surface area contributed by atoms with E-state index in [9.17, 15) is 0 Å². The summed E-state index contributed by atoms with van der Waals surface area (Å²) in [5.41, 5.74) is 2.35. The first-order valence-electron chi connectivity index (χ1n) is 5.74. The van der Waals surface area contributed by atoms with Gasteiger partial charge in [0.2, 0.25) is 0 Å². The van der Waals surface area contributed by atoms with E-state index in [-0.39, 0.29) is 0 Å². The van der Waals surface area contributed by atoms with Gasteiger partial charge in [-0.1, -0.05) is 0 Å². The minimum Gasteiger partial charge on any atom is -0.299 e. The standard InChI is InChI=1S/C13H15N3/c1-16-6-2-3-13(16)11-7-10-8-14-5-4-12(10)15-9-11/h4-5,7-9,13H,2-3,6H2,1H3/t13-/m0/s1. The number of pyridine rings is 2. The van der Waals surface area contributed by atoms with Crippen molar-refractivity contribution in [1.29, 1.82) is 0 Å². The Kier molecular flexibility index (Phi) is 2.33. The molecule has 1 aliphatic heterocycles. The summed E-state index contributed by atoms with van der Waals surface area (Å²) < 4.78 is 0. The number of likely N-dealkylation sites (tertiary alicyclic amines) is 1. The molecule has 3 heteroatoms. The monoisotopic (exact) mass is 213 g/mol. The van der Waals surface area contributed by atoms with Crippen molar-refractivity contribution < 1.29 is 0 Å². The van der Waals surface area contributed by atoms with E-state index in [4.69, 9.17) is 0 Å². The van der Waals surface area contributed by atoms with E-state index in [1.54, 1.807) is 6.20 Å². The molecular formula is C13H15N3. The zero-order valence-corrected chi connectivity index (χ0v) is 9.43. The number of hydrogen-bond donors (Lipinski definition) is 0. The summed E-state index contributed by atoms with van der Waals surface area (Å²) in [5.74, 6) is 0. The second kappa shape index (κ2) is 3.83. The first kappa shape index (κ1) is 9.73. The van der Waals surface area contributed by atoms with Gasteiger partial charge in [-0.05, 0) is 44.1 Å². The van der Waals surface area contributed by atoms with Crippen molar-refractivity contribution in [2.24, 2.45) is 0 Å². The molecule has 3 heterocycles. The summed E-state index contributed by atoms with van der Waals surface area (Å²) in [7, 11) is 2.19. The molecule has 0 radical (unpaired) electrons. The summed E-state index contributed by atoms with van der Waals surface area (Å²) in [6.07, 6.45) is 8.21. The summed E-state index contributed by atoms with van der Waals surface area (Å²) >= 11 is 0. The third kappa shape index (κ3) is 1.57. The van der Waals surface area contributed by atoms with Crippen LogP contribution in [0.1, 0.15) is 24.4 Å². The Hall–Kier alpha value is -1.48. The largest absolute Gasteiger partial charge is 0.299 e. The van der Waals surface area contributed by atoms with Crippen molar-refractivity contribution in [1.82, 2.24) is 14.9 Å².